The highest BCUT2D eigenvalue weighted by Crippen LogP contribution is 2.36. The topological polar surface area (TPSA) is 108 Å². The molecule has 0 spiro atoms. The zero-order valence-corrected chi connectivity index (χ0v) is 20.9. The van der Waals surface area contributed by atoms with E-state index in [1.165, 1.54) is 25.6 Å². The Kier molecular flexibility index (Phi) is 6.62. The summed E-state index contributed by atoms with van der Waals surface area (Å²) in [6, 6.07) is 4.67. The van der Waals surface area contributed by atoms with Crippen LogP contribution >= 0.6 is 11.3 Å². The Morgan fingerprint density at radius 3 is 2.65 bits per heavy atom. The first kappa shape index (κ1) is 24.5. The van der Waals surface area contributed by atoms with Gasteiger partial charge in [0.05, 0.1) is 24.6 Å². The quantitative estimate of drug-likeness (QED) is 0.368. The Bertz CT molecular complexity index is 1530. The molecule has 1 fully saturated rings. The number of methoxy groups -OCH3 is 1. The molecule has 188 valence electrons. The van der Waals surface area contributed by atoms with Crippen LogP contribution in [0.5, 0.6) is 5.75 Å². The number of amides is 1. The fourth-order valence-electron chi connectivity index (χ4n) is 3.52. The molecule has 9 nitrogen and oxygen atoms in total. The highest BCUT2D eigenvalue weighted by atomic mass is 32.1. The number of rotatable bonds is 6. The lowest BCUT2D eigenvalue weighted by molar-refractivity contribution is 0.102. The van der Waals surface area contributed by atoms with Crippen molar-refractivity contribution in [1.82, 2.24) is 29.9 Å². The zero-order valence-electron chi connectivity index (χ0n) is 20.1. The number of aryl methyl sites for hydroxylation is 2. The van der Waals surface area contributed by atoms with E-state index in [1.54, 1.807) is 17.8 Å². The second-order valence-corrected chi connectivity index (χ2v) is 9.41. The van der Waals surface area contributed by atoms with Gasteiger partial charge in [-0.15, -0.1) is 10.2 Å². The maximum Gasteiger partial charge on any atom is 0.280 e. The van der Waals surface area contributed by atoms with Crippen molar-refractivity contribution in [1.29, 1.82) is 0 Å². The number of nitrogens with zero attached hydrogens (tertiary/aromatic N) is 6. The van der Waals surface area contributed by atoms with Crippen LogP contribution in [-0.4, -0.2) is 43.0 Å². The summed E-state index contributed by atoms with van der Waals surface area (Å²) in [5.74, 6) is 6.16. The molecule has 1 saturated carbocycles. The molecule has 4 aromatic rings. The predicted octanol–water partition coefficient (Wildman–Crippen LogP) is 4.66. The first-order valence-electron chi connectivity index (χ1n) is 11.3. The van der Waals surface area contributed by atoms with Gasteiger partial charge in [-0.25, -0.2) is 8.78 Å². The molecule has 0 bridgehead atoms. The molecule has 1 aliphatic rings. The third-order valence-corrected chi connectivity index (χ3v) is 6.51. The molecular weight excluding hydrogens is 500 g/mol. The van der Waals surface area contributed by atoms with Crippen molar-refractivity contribution in [2.45, 2.75) is 26.2 Å². The second-order valence-electron chi connectivity index (χ2n) is 8.43. The maximum absolute atomic E-state index is 13.5. The summed E-state index contributed by atoms with van der Waals surface area (Å²) < 4.78 is 34.1. The summed E-state index contributed by atoms with van der Waals surface area (Å²) in [6.07, 6.45) is 1.95. The molecule has 1 N–H and O–H groups in total. The molecule has 12 heteroatoms. The average molecular weight is 522 g/mol. The Balaban J connectivity index is 1.56. The summed E-state index contributed by atoms with van der Waals surface area (Å²) in [5.41, 5.74) is 2.20. The van der Waals surface area contributed by atoms with E-state index in [1.807, 2.05) is 13.0 Å². The van der Waals surface area contributed by atoms with Gasteiger partial charge in [0.25, 0.3) is 12.3 Å². The predicted molar refractivity (Wildman–Crippen MR) is 133 cm³/mol. The fraction of sp³-hybridized carbons (Fsp3) is 0.280. The number of anilines is 1. The van der Waals surface area contributed by atoms with Gasteiger partial charge in [-0.2, -0.15) is 5.10 Å². The first-order valence-corrected chi connectivity index (χ1v) is 12.1. The van der Waals surface area contributed by atoms with Crippen LogP contribution in [-0.2, 0) is 7.05 Å². The van der Waals surface area contributed by atoms with Crippen molar-refractivity contribution in [2.24, 2.45) is 13.0 Å². The Hall–Kier alpha value is -4.24. The van der Waals surface area contributed by atoms with Crippen LogP contribution in [0.25, 0.3) is 22.5 Å². The molecule has 5 rings (SSSR count). The summed E-state index contributed by atoms with van der Waals surface area (Å²) >= 11 is 1.15. The minimum atomic E-state index is -2.81. The zero-order chi connectivity index (χ0) is 26.1. The van der Waals surface area contributed by atoms with Crippen LogP contribution in [0.3, 0.4) is 0 Å². The van der Waals surface area contributed by atoms with Crippen LogP contribution in [0.15, 0.2) is 30.6 Å². The summed E-state index contributed by atoms with van der Waals surface area (Å²) in [7, 11) is 3.20. The lowest BCUT2D eigenvalue weighted by Crippen LogP contribution is -2.14. The van der Waals surface area contributed by atoms with Gasteiger partial charge in [-0.3, -0.25) is 24.8 Å². The number of alkyl halides is 2. The highest BCUT2D eigenvalue weighted by Gasteiger charge is 2.23. The van der Waals surface area contributed by atoms with Gasteiger partial charge in [0.2, 0.25) is 5.13 Å². The largest absolute Gasteiger partial charge is 0.494 e. The SMILES string of the molecule is COc1cnc(C(F)F)cc1-c1cc(-c2cc(C)n(C)n2)ncc1C(=O)Nc1nnc(C#CC2CC2)s1. The lowest BCUT2D eigenvalue weighted by atomic mass is 9.98. The molecule has 0 saturated heterocycles. The summed E-state index contributed by atoms with van der Waals surface area (Å²) in [4.78, 5) is 21.5. The number of carbonyl (C=O) groups excluding carboxylic acids is 1. The van der Waals surface area contributed by atoms with Crippen LogP contribution in [0.2, 0.25) is 0 Å². The molecule has 37 heavy (non-hydrogen) atoms. The van der Waals surface area contributed by atoms with Crippen LogP contribution in [0, 0.1) is 24.7 Å². The van der Waals surface area contributed by atoms with Crippen molar-refractivity contribution in [3.63, 3.8) is 0 Å². The normalized spacial score (nSPS) is 12.8. The van der Waals surface area contributed by atoms with Crippen molar-refractivity contribution >= 4 is 22.4 Å². The molecule has 1 amide bonds. The smallest absolute Gasteiger partial charge is 0.280 e. The van der Waals surface area contributed by atoms with E-state index in [2.05, 4.69) is 42.4 Å². The monoisotopic (exact) mass is 521 g/mol. The van der Waals surface area contributed by atoms with Crippen LogP contribution in [0.1, 0.15) is 46.0 Å². The summed E-state index contributed by atoms with van der Waals surface area (Å²) in [6.45, 7) is 1.89. The number of nitrogens with one attached hydrogen (secondary N) is 1. The van der Waals surface area contributed by atoms with Gasteiger partial charge in [-0.1, -0.05) is 17.3 Å². The van der Waals surface area contributed by atoms with Crippen molar-refractivity contribution in [2.75, 3.05) is 12.4 Å². The molecule has 0 atom stereocenters. The second kappa shape index (κ2) is 10.0. The van der Waals surface area contributed by atoms with E-state index in [-0.39, 0.29) is 22.0 Å². The van der Waals surface area contributed by atoms with E-state index in [4.69, 9.17) is 4.74 Å². The van der Waals surface area contributed by atoms with E-state index in [0.717, 1.165) is 29.9 Å². The highest BCUT2D eigenvalue weighted by molar-refractivity contribution is 7.15. The number of halogens is 2. The van der Waals surface area contributed by atoms with Gasteiger partial charge >= 0.3 is 0 Å². The average Bonchev–Trinajstić information content (AvgIpc) is 3.53. The van der Waals surface area contributed by atoms with Gasteiger partial charge in [0.1, 0.15) is 17.1 Å². The van der Waals surface area contributed by atoms with Gasteiger partial charge < -0.3 is 4.74 Å². The molecule has 1 aliphatic carbocycles. The number of carbonyl (C=O) groups is 1. The molecule has 0 aliphatic heterocycles. The third kappa shape index (κ3) is 5.31. The molecule has 4 heterocycles. The van der Waals surface area contributed by atoms with Crippen molar-refractivity contribution in [3.05, 3.63) is 52.6 Å². The van der Waals surface area contributed by atoms with Crippen molar-refractivity contribution in [3.8, 4) is 40.1 Å². The van der Waals surface area contributed by atoms with Crippen LogP contribution in [0.4, 0.5) is 13.9 Å². The molecule has 0 aromatic carbocycles. The summed E-state index contributed by atoms with van der Waals surface area (Å²) in [5, 5.41) is 15.9. The third-order valence-electron chi connectivity index (χ3n) is 5.75. The standard InChI is InChI=1S/C25H21F2N7O2S/c1-13-8-19(33-34(13)2)18-9-15(16-10-20(23(26)27)29-12-21(16)36-3)17(11-28-18)24(35)30-25-32-31-22(37-25)7-6-14-4-5-14/h8-12,14,23H,4-5H2,1-3H3,(H,30,32,35). The molecule has 0 unspecified atom stereocenters. The Labute approximate surface area is 214 Å². The van der Waals surface area contributed by atoms with E-state index >= 15 is 0 Å². The number of hydrogen-bond donors (Lipinski definition) is 1. The minimum Gasteiger partial charge on any atom is -0.494 e. The lowest BCUT2D eigenvalue weighted by Gasteiger charge is -2.14. The number of pyridine rings is 2. The van der Waals surface area contributed by atoms with E-state index in [0.29, 0.717) is 27.9 Å². The molecule has 0 radical (unpaired) electrons. The fourth-order valence-corrected chi connectivity index (χ4v) is 4.12. The van der Waals surface area contributed by atoms with Gasteiger partial charge in [0.15, 0.2) is 5.01 Å². The maximum atomic E-state index is 13.5. The number of hydrogen-bond acceptors (Lipinski definition) is 8. The molecule has 4 aromatic heterocycles. The van der Waals surface area contributed by atoms with E-state index in [9.17, 15) is 13.6 Å². The Morgan fingerprint density at radius 2 is 1.97 bits per heavy atom. The first-order chi connectivity index (χ1) is 17.8. The minimum absolute atomic E-state index is 0.127. The van der Waals surface area contributed by atoms with Crippen LogP contribution < -0.4 is 10.1 Å². The number of aromatic nitrogens is 6. The van der Waals surface area contributed by atoms with Gasteiger partial charge in [-0.05, 0) is 43.9 Å². The van der Waals surface area contributed by atoms with E-state index < -0.39 is 18.0 Å². The Morgan fingerprint density at radius 1 is 1.16 bits per heavy atom. The molecular formula is C25H21F2N7O2S. The van der Waals surface area contributed by atoms with Crippen molar-refractivity contribution < 1.29 is 18.3 Å². The number of ether oxygens (including phenoxy) is 1. The van der Waals surface area contributed by atoms with Gasteiger partial charge in [0, 0.05) is 36.0 Å².